The van der Waals surface area contributed by atoms with Crippen molar-refractivity contribution in [3.63, 3.8) is 0 Å². The third-order valence-corrected chi connectivity index (χ3v) is 4.68. The summed E-state index contributed by atoms with van der Waals surface area (Å²) in [5.74, 6) is -0.324. The Morgan fingerprint density at radius 3 is 2.48 bits per heavy atom. The maximum Gasteiger partial charge on any atom is 0.245 e. The van der Waals surface area contributed by atoms with Gasteiger partial charge in [-0.3, -0.25) is 9.59 Å². The van der Waals surface area contributed by atoms with Crippen LogP contribution in [0, 0.1) is 0 Å². The molecule has 23 heavy (non-hydrogen) atoms. The molecular formula is C14H28N4O4S. The first kappa shape index (κ1) is 19.9. The molecule has 1 saturated heterocycles. The predicted molar refractivity (Wildman–Crippen MR) is 88.1 cm³/mol. The molecule has 1 rings (SSSR count). The van der Waals surface area contributed by atoms with Crippen molar-refractivity contribution in [1.82, 2.24) is 14.5 Å². The zero-order valence-electron chi connectivity index (χ0n) is 14.3. The van der Waals surface area contributed by atoms with Gasteiger partial charge in [0.2, 0.25) is 21.8 Å². The van der Waals surface area contributed by atoms with Crippen LogP contribution in [0.5, 0.6) is 0 Å². The van der Waals surface area contributed by atoms with Gasteiger partial charge in [-0.2, -0.15) is 0 Å². The van der Waals surface area contributed by atoms with Crippen LogP contribution >= 0.6 is 0 Å². The number of amides is 2. The van der Waals surface area contributed by atoms with Gasteiger partial charge in [-0.05, 0) is 33.6 Å². The smallest absolute Gasteiger partial charge is 0.245 e. The summed E-state index contributed by atoms with van der Waals surface area (Å²) < 4.78 is 24.5. The molecule has 9 heteroatoms. The second-order valence-electron chi connectivity index (χ2n) is 6.25. The van der Waals surface area contributed by atoms with E-state index in [4.69, 9.17) is 5.73 Å². The normalized spacial score (nSPS) is 20.2. The van der Waals surface area contributed by atoms with Crippen molar-refractivity contribution >= 4 is 21.8 Å². The van der Waals surface area contributed by atoms with Crippen LogP contribution in [0.1, 0.15) is 33.6 Å². The fourth-order valence-corrected chi connectivity index (χ4v) is 3.13. The molecule has 0 aromatic rings. The van der Waals surface area contributed by atoms with Crippen LogP contribution in [0.3, 0.4) is 0 Å². The third kappa shape index (κ3) is 5.74. The highest BCUT2D eigenvalue weighted by Crippen LogP contribution is 2.16. The second-order valence-corrected chi connectivity index (χ2v) is 8.08. The number of nitrogens with zero attached hydrogens (tertiary/aromatic N) is 2. The molecule has 0 radical (unpaired) electrons. The molecule has 0 aliphatic carbocycles. The molecule has 8 nitrogen and oxygen atoms in total. The van der Waals surface area contributed by atoms with Crippen LogP contribution in [-0.2, 0) is 19.6 Å². The molecule has 1 aliphatic rings. The lowest BCUT2D eigenvalue weighted by atomic mass is 10.2. The predicted octanol–water partition coefficient (Wildman–Crippen LogP) is -0.889. The molecule has 0 spiro atoms. The summed E-state index contributed by atoms with van der Waals surface area (Å²) >= 11 is 0. The summed E-state index contributed by atoms with van der Waals surface area (Å²) in [5.41, 5.74) is 5.70. The lowest BCUT2D eigenvalue weighted by Crippen LogP contribution is -2.51. The molecule has 1 fully saturated rings. The number of nitrogens with one attached hydrogen (secondary N) is 1. The van der Waals surface area contributed by atoms with Crippen molar-refractivity contribution in [1.29, 1.82) is 0 Å². The molecule has 3 N–H and O–H groups in total. The van der Waals surface area contributed by atoms with Crippen LogP contribution in [0.15, 0.2) is 0 Å². The standard InChI is InChI=1S/C14H28N4O4S/c1-10(2)17(8-5-7-16-23(4,21)22)13(19)11(3)18-9-6-12(15)14(18)20/h10-12,16H,5-9,15H2,1-4H3/t11-,12-/m0/s1. The number of hydrogen-bond donors (Lipinski definition) is 2. The molecule has 0 unspecified atom stereocenters. The lowest BCUT2D eigenvalue weighted by Gasteiger charge is -2.33. The molecule has 2 atom stereocenters. The van der Waals surface area contributed by atoms with Crippen molar-refractivity contribution in [2.75, 3.05) is 25.9 Å². The van der Waals surface area contributed by atoms with E-state index in [9.17, 15) is 18.0 Å². The Morgan fingerprint density at radius 1 is 1.43 bits per heavy atom. The first-order chi connectivity index (χ1) is 10.5. The van der Waals surface area contributed by atoms with Gasteiger partial charge in [-0.25, -0.2) is 13.1 Å². The van der Waals surface area contributed by atoms with E-state index in [1.54, 1.807) is 11.8 Å². The fraction of sp³-hybridized carbons (Fsp3) is 0.857. The topological polar surface area (TPSA) is 113 Å². The summed E-state index contributed by atoms with van der Waals surface area (Å²) in [6.45, 7) is 6.70. The second kappa shape index (κ2) is 8.07. The van der Waals surface area contributed by atoms with E-state index in [0.29, 0.717) is 25.9 Å². The summed E-state index contributed by atoms with van der Waals surface area (Å²) in [7, 11) is -3.23. The van der Waals surface area contributed by atoms with Gasteiger partial charge in [0.15, 0.2) is 0 Å². The monoisotopic (exact) mass is 348 g/mol. The Balaban J connectivity index is 2.62. The largest absolute Gasteiger partial charge is 0.338 e. The average Bonchev–Trinajstić information content (AvgIpc) is 2.76. The van der Waals surface area contributed by atoms with E-state index >= 15 is 0 Å². The number of carbonyl (C=O) groups is 2. The Kier molecular flexibility index (Phi) is 6.97. The van der Waals surface area contributed by atoms with Crippen molar-refractivity contribution < 1.29 is 18.0 Å². The van der Waals surface area contributed by atoms with Gasteiger partial charge in [0, 0.05) is 25.7 Å². The quantitative estimate of drug-likeness (QED) is 0.553. The third-order valence-electron chi connectivity index (χ3n) is 3.95. The molecule has 2 amide bonds. The molecule has 0 saturated carbocycles. The molecule has 1 aliphatic heterocycles. The maximum absolute atomic E-state index is 12.7. The van der Waals surface area contributed by atoms with Gasteiger partial charge in [0.05, 0.1) is 12.3 Å². The molecule has 134 valence electrons. The Labute approximate surface area is 138 Å². The number of hydrogen-bond acceptors (Lipinski definition) is 5. The van der Waals surface area contributed by atoms with Crippen molar-refractivity contribution in [2.24, 2.45) is 5.73 Å². The van der Waals surface area contributed by atoms with Gasteiger partial charge in [0.25, 0.3) is 0 Å². The molecule has 0 aromatic carbocycles. The van der Waals surface area contributed by atoms with Crippen LogP contribution < -0.4 is 10.5 Å². The van der Waals surface area contributed by atoms with Gasteiger partial charge in [0.1, 0.15) is 6.04 Å². The number of sulfonamides is 1. The van der Waals surface area contributed by atoms with Crippen molar-refractivity contribution in [3.05, 3.63) is 0 Å². The first-order valence-electron chi connectivity index (χ1n) is 7.85. The van der Waals surface area contributed by atoms with Crippen molar-refractivity contribution in [3.8, 4) is 0 Å². The summed E-state index contributed by atoms with van der Waals surface area (Å²) in [6.07, 6.45) is 2.18. The summed E-state index contributed by atoms with van der Waals surface area (Å²) in [6, 6.07) is -1.10. The van der Waals surface area contributed by atoms with Crippen LogP contribution in [0.2, 0.25) is 0 Å². The van der Waals surface area contributed by atoms with E-state index in [1.165, 1.54) is 4.90 Å². The van der Waals surface area contributed by atoms with Gasteiger partial charge in [-0.15, -0.1) is 0 Å². The van der Waals surface area contributed by atoms with E-state index in [0.717, 1.165) is 6.26 Å². The summed E-state index contributed by atoms with van der Waals surface area (Å²) in [4.78, 5) is 27.8. The highest BCUT2D eigenvalue weighted by atomic mass is 32.2. The van der Waals surface area contributed by atoms with Crippen LogP contribution in [0.4, 0.5) is 0 Å². The average molecular weight is 348 g/mol. The lowest BCUT2D eigenvalue weighted by molar-refractivity contribution is -0.144. The maximum atomic E-state index is 12.7. The van der Waals surface area contributed by atoms with E-state index in [2.05, 4.69) is 4.72 Å². The van der Waals surface area contributed by atoms with E-state index in [1.807, 2.05) is 13.8 Å². The number of likely N-dealkylation sites (tertiary alicyclic amines) is 1. The number of nitrogens with two attached hydrogens (primary N) is 1. The Morgan fingerprint density at radius 2 is 2.04 bits per heavy atom. The van der Waals surface area contributed by atoms with Crippen molar-refractivity contribution in [2.45, 2.75) is 51.7 Å². The fourth-order valence-electron chi connectivity index (χ4n) is 2.61. The first-order valence-corrected chi connectivity index (χ1v) is 9.75. The zero-order chi connectivity index (χ0) is 17.8. The highest BCUT2D eigenvalue weighted by molar-refractivity contribution is 7.88. The minimum absolute atomic E-state index is 0.0328. The minimum atomic E-state index is -3.23. The van der Waals surface area contributed by atoms with Crippen LogP contribution in [-0.4, -0.2) is 74.0 Å². The van der Waals surface area contributed by atoms with E-state index < -0.39 is 22.1 Å². The van der Waals surface area contributed by atoms with Crippen LogP contribution in [0.25, 0.3) is 0 Å². The van der Waals surface area contributed by atoms with Gasteiger partial charge < -0.3 is 15.5 Å². The Bertz CT molecular complexity index is 535. The van der Waals surface area contributed by atoms with Gasteiger partial charge in [-0.1, -0.05) is 0 Å². The molecule has 0 bridgehead atoms. The number of rotatable bonds is 8. The molecular weight excluding hydrogens is 320 g/mol. The zero-order valence-corrected chi connectivity index (χ0v) is 15.1. The highest BCUT2D eigenvalue weighted by Gasteiger charge is 2.36. The molecule has 1 heterocycles. The minimum Gasteiger partial charge on any atom is -0.338 e. The SMILES string of the molecule is CC(C)N(CCCNS(C)(=O)=O)C(=O)[C@H](C)N1CC[C@H](N)C1=O. The molecule has 0 aromatic heterocycles. The van der Waals surface area contributed by atoms with Gasteiger partial charge >= 0.3 is 0 Å². The number of carbonyl (C=O) groups excluding carboxylic acids is 2. The summed E-state index contributed by atoms with van der Waals surface area (Å²) in [5, 5.41) is 0. The Hall–Kier alpha value is -1.19. The van der Waals surface area contributed by atoms with E-state index in [-0.39, 0.29) is 24.4 Å².